The number of benzene rings is 1. The van der Waals surface area contributed by atoms with E-state index in [2.05, 4.69) is 33.8 Å². The van der Waals surface area contributed by atoms with E-state index < -0.39 is 0 Å². The summed E-state index contributed by atoms with van der Waals surface area (Å²) in [4.78, 5) is 2.41. The van der Waals surface area contributed by atoms with Crippen LogP contribution in [0.25, 0.3) is 0 Å². The van der Waals surface area contributed by atoms with Crippen molar-refractivity contribution in [2.24, 2.45) is 11.7 Å². The molecular formula is C15H23BrN2O. The molecule has 1 saturated heterocycles. The van der Waals surface area contributed by atoms with E-state index in [9.17, 15) is 5.11 Å². The van der Waals surface area contributed by atoms with Crippen LogP contribution in [0.1, 0.15) is 31.4 Å². The monoisotopic (exact) mass is 326 g/mol. The number of rotatable bonds is 4. The van der Waals surface area contributed by atoms with Crippen LogP contribution in [0.3, 0.4) is 0 Å². The first-order valence-corrected chi connectivity index (χ1v) is 7.77. The number of halogens is 1. The van der Waals surface area contributed by atoms with Gasteiger partial charge in [-0.1, -0.05) is 41.1 Å². The van der Waals surface area contributed by atoms with Crippen molar-refractivity contribution in [3.05, 3.63) is 34.3 Å². The lowest BCUT2D eigenvalue weighted by atomic mass is 9.96. The Kier molecular flexibility index (Phi) is 5.39. The molecule has 2 rings (SSSR count). The van der Waals surface area contributed by atoms with Crippen LogP contribution in [-0.2, 0) is 0 Å². The zero-order chi connectivity index (χ0) is 13.8. The molecule has 1 aliphatic rings. The Hall–Kier alpha value is -0.420. The summed E-state index contributed by atoms with van der Waals surface area (Å²) in [5, 5.41) is 9.73. The normalized spacial score (nSPS) is 26.3. The SMILES string of the molecule is CC1CN(CCC(N)c2ccccc2Br)CCC1O. The molecule has 0 aromatic heterocycles. The van der Waals surface area contributed by atoms with Gasteiger partial charge in [0.15, 0.2) is 0 Å². The van der Waals surface area contributed by atoms with Crippen molar-refractivity contribution >= 4 is 15.9 Å². The number of aliphatic hydroxyl groups excluding tert-OH is 1. The lowest BCUT2D eigenvalue weighted by molar-refractivity contribution is 0.0341. The Morgan fingerprint density at radius 1 is 1.47 bits per heavy atom. The first-order valence-electron chi connectivity index (χ1n) is 6.98. The molecule has 0 amide bonds. The van der Waals surface area contributed by atoms with Crippen LogP contribution in [0.2, 0.25) is 0 Å². The van der Waals surface area contributed by atoms with E-state index in [1.54, 1.807) is 0 Å². The summed E-state index contributed by atoms with van der Waals surface area (Å²) in [5.41, 5.74) is 7.44. The minimum atomic E-state index is -0.131. The van der Waals surface area contributed by atoms with E-state index >= 15 is 0 Å². The summed E-state index contributed by atoms with van der Waals surface area (Å²) in [7, 11) is 0. The van der Waals surface area contributed by atoms with Crippen LogP contribution in [0.15, 0.2) is 28.7 Å². The lowest BCUT2D eigenvalue weighted by Crippen LogP contribution is -2.42. The maximum Gasteiger partial charge on any atom is 0.0590 e. The maximum atomic E-state index is 9.73. The molecule has 1 fully saturated rings. The van der Waals surface area contributed by atoms with Crippen molar-refractivity contribution in [1.29, 1.82) is 0 Å². The standard InChI is InChI=1S/C15H23BrN2O/c1-11-10-18(9-7-15(11)19)8-6-14(17)12-4-2-3-5-13(12)16/h2-5,11,14-15,19H,6-10,17H2,1H3. The van der Waals surface area contributed by atoms with Crippen molar-refractivity contribution in [3.63, 3.8) is 0 Å². The topological polar surface area (TPSA) is 49.5 Å². The minimum absolute atomic E-state index is 0.0673. The summed E-state index contributed by atoms with van der Waals surface area (Å²) in [6, 6.07) is 8.22. The van der Waals surface area contributed by atoms with Gasteiger partial charge in [0, 0.05) is 23.6 Å². The molecule has 1 aromatic carbocycles. The van der Waals surface area contributed by atoms with Crippen LogP contribution in [0, 0.1) is 5.92 Å². The van der Waals surface area contributed by atoms with E-state index in [-0.39, 0.29) is 12.1 Å². The number of aliphatic hydroxyl groups is 1. The van der Waals surface area contributed by atoms with E-state index in [4.69, 9.17) is 5.73 Å². The number of hydrogen-bond acceptors (Lipinski definition) is 3. The fourth-order valence-corrected chi connectivity index (χ4v) is 3.25. The second kappa shape index (κ2) is 6.84. The van der Waals surface area contributed by atoms with E-state index in [0.717, 1.165) is 36.9 Å². The lowest BCUT2D eigenvalue weighted by Gasteiger charge is -2.34. The largest absolute Gasteiger partial charge is 0.393 e. The third-order valence-corrected chi connectivity index (χ3v) is 4.73. The molecule has 0 radical (unpaired) electrons. The van der Waals surface area contributed by atoms with Gasteiger partial charge < -0.3 is 15.7 Å². The molecule has 1 heterocycles. The van der Waals surface area contributed by atoms with Gasteiger partial charge in [0.1, 0.15) is 0 Å². The average Bonchev–Trinajstić information content (AvgIpc) is 2.40. The zero-order valence-electron chi connectivity index (χ0n) is 11.4. The van der Waals surface area contributed by atoms with E-state index in [0.29, 0.717) is 5.92 Å². The van der Waals surface area contributed by atoms with Crippen molar-refractivity contribution in [2.75, 3.05) is 19.6 Å². The Morgan fingerprint density at radius 3 is 2.89 bits per heavy atom. The molecule has 3 nitrogen and oxygen atoms in total. The maximum absolute atomic E-state index is 9.73. The summed E-state index contributed by atoms with van der Waals surface area (Å²) >= 11 is 3.55. The molecule has 0 aliphatic carbocycles. The van der Waals surface area contributed by atoms with Crippen LogP contribution < -0.4 is 5.73 Å². The molecule has 19 heavy (non-hydrogen) atoms. The Balaban J connectivity index is 1.84. The Morgan fingerprint density at radius 2 is 2.21 bits per heavy atom. The van der Waals surface area contributed by atoms with Gasteiger partial charge in [0.25, 0.3) is 0 Å². The van der Waals surface area contributed by atoms with Crippen LogP contribution >= 0.6 is 15.9 Å². The van der Waals surface area contributed by atoms with Gasteiger partial charge in [-0.15, -0.1) is 0 Å². The second-order valence-corrected chi connectivity index (χ2v) is 6.40. The fourth-order valence-electron chi connectivity index (χ4n) is 2.68. The van der Waals surface area contributed by atoms with Crippen molar-refractivity contribution < 1.29 is 5.11 Å². The van der Waals surface area contributed by atoms with Gasteiger partial charge >= 0.3 is 0 Å². The highest BCUT2D eigenvalue weighted by molar-refractivity contribution is 9.10. The molecule has 1 aliphatic heterocycles. The molecule has 0 saturated carbocycles. The average molecular weight is 327 g/mol. The third kappa shape index (κ3) is 4.02. The summed E-state index contributed by atoms with van der Waals surface area (Å²) in [6.45, 7) is 5.07. The minimum Gasteiger partial charge on any atom is -0.393 e. The zero-order valence-corrected chi connectivity index (χ0v) is 13.0. The van der Waals surface area contributed by atoms with Crippen LogP contribution in [0.4, 0.5) is 0 Å². The number of nitrogens with zero attached hydrogens (tertiary/aromatic N) is 1. The van der Waals surface area contributed by atoms with Crippen molar-refractivity contribution in [3.8, 4) is 0 Å². The highest BCUT2D eigenvalue weighted by atomic mass is 79.9. The van der Waals surface area contributed by atoms with Crippen molar-refractivity contribution in [1.82, 2.24) is 4.90 Å². The summed E-state index contributed by atoms with van der Waals surface area (Å²) in [5.74, 6) is 0.369. The van der Waals surface area contributed by atoms with Crippen LogP contribution in [0.5, 0.6) is 0 Å². The van der Waals surface area contributed by atoms with Gasteiger partial charge in [-0.05, 0) is 36.9 Å². The van der Waals surface area contributed by atoms with Gasteiger partial charge in [0.2, 0.25) is 0 Å². The van der Waals surface area contributed by atoms with E-state index in [1.165, 1.54) is 5.56 Å². The van der Waals surface area contributed by atoms with Gasteiger partial charge in [-0.3, -0.25) is 0 Å². The summed E-state index contributed by atoms with van der Waals surface area (Å²) in [6.07, 6.45) is 1.70. The number of likely N-dealkylation sites (tertiary alicyclic amines) is 1. The van der Waals surface area contributed by atoms with E-state index in [1.807, 2.05) is 18.2 Å². The first-order chi connectivity index (χ1) is 9.08. The summed E-state index contributed by atoms with van der Waals surface area (Å²) < 4.78 is 1.09. The van der Waals surface area contributed by atoms with Gasteiger partial charge in [-0.25, -0.2) is 0 Å². The first kappa shape index (κ1) is 15.0. The molecule has 106 valence electrons. The molecule has 0 bridgehead atoms. The number of hydrogen-bond donors (Lipinski definition) is 2. The van der Waals surface area contributed by atoms with Crippen molar-refractivity contribution in [2.45, 2.75) is 31.9 Å². The molecule has 3 unspecified atom stereocenters. The molecule has 3 N–H and O–H groups in total. The highest BCUT2D eigenvalue weighted by Crippen LogP contribution is 2.24. The molecular weight excluding hydrogens is 304 g/mol. The predicted octanol–water partition coefficient (Wildman–Crippen LogP) is 2.54. The third-order valence-electron chi connectivity index (χ3n) is 4.01. The van der Waals surface area contributed by atoms with Gasteiger partial charge in [-0.2, -0.15) is 0 Å². The highest BCUT2D eigenvalue weighted by Gasteiger charge is 2.24. The second-order valence-electron chi connectivity index (χ2n) is 5.55. The number of piperidine rings is 1. The molecule has 0 spiro atoms. The van der Waals surface area contributed by atoms with Crippen LogP contribution in [-0.4, -0.2) is 35.7 Å². The fraction of sp³-hybridized carbons (Fsp3) is 0.600. The van der Waals surface area contributed by atoms with Gasteiger partial charge in [0.05, 0.1) is 6.10 Å². The molecule has 1 aromatic rings. The molecule has 3 atom stereocenters. The molecule has 4 heteroatoms. The smallest absolute Gasteiger partial charge is 0.0590 e. The predicted molar refractivity (Wildman–Crippen MR) is 81.9 cm³/mol. The Bertz CT molecular complexity index is 413. The quantitative estimate of drug-likeness (QED) is 0.893. The Labute approximate surface area is 123 Å². The number of nitrogens with two attached hydrogens (primary N) is 1.